The number of carbonyl (C=O) groups is 1. The topological polar surface area (TPSA) is 159 Å². The number of guanidine groups is 1. The van der Waals surface area contributed by atoms with Crippen LogP contribution in [0, 0.1) is 5.41 Å². The van der Waals surface area contributed by atoms with Crippen molar-refractivity contribution in [3.63, 3.8) is 0 Å². The van der Waals surface area contributed by atoms with Crippen LogP contribution >= 0.6 is 0 Å². The number of nitrogens with two attached hydrogens (primary N) is 3. The van der Waals surface area contributed by atoms with Gasteiger partial charge < -0.3 is 16.5 Å². The fraction of sp³-hybridized carbons (Fsp3) is 0.154. The van der Waals surface area contributed by atoms with Gasteiger partial charge in [0.15, 0.2) is 0 Å². The van der Waals surface area contributed by atoms with Crippen LogP contribution in [-0.2, 0) is 4.79 Å². The monoisotopic (exact) mass is 302 g/mol. The van der Waals surface area contributed by atoms with Gasteiger partial charge in [-0.05, 0) is 25.1 Å². The molecule has 1 aromatic rings. The molecule has 9 heteroatoms. The summed E-state index contributed by atoms with van der Waals surface area (Å²) < 4.78 is 0. The summed E-state index contributed by atoms with van der Waals surface area (Å²) in [5.74, 6) is 11.0. The number of carbonyl (C=O) groups excluding carboxylic acids is 1. The second-order valence-electron chi connectivity index (χ2n) is 4.71. The van der Waals surface area contributed by atoms with Crippen LogP contribution in [0.3, 0.4) is 0 Å². The van der Waals surface area contributed by atoms with E-state index in [0.29, 0.717) is 28.2 Å². The number of allylic oxidation sites excluding steroid dienone is 1. The third-order valence-electron chi connectivity index (χ3n) is 3.21. The maximum absolute atomic E-state index is 12.3. The van der Waals surface area contributed by atoms with Crippen LogP contribution in [0.15, 0.2) is 34.5 Å². The molecule has 0 fully saturated rings. The Morgan fingerprint density at radius 1 is 1.50 bits per heavy atom. The molecule has 9 nitrogen and oxygen atoms in total. The third kappa shape index (κ3) is 3.05. The van der Waals surface area contributed by atoms with E-state index in [2.05, 4.69) is 15.7 Å². The minimum Gasteiger partial charge on any atom is -0.398 e. The van der Waals surface area contributed by atoms with Crippen LogP contribution in [0.1, 0.15) is 12.5 Å². The standard InChI is InChI=1S/C13H18N8O/c1-7-10(6-21(17)13(18-7)20-16)12(22)19-9-2-3-11(15)8(4-9)5-14/h2-5,14H,6,15-17H2,1H3,(H,18,20)(H,19,22). The Hall–Kier alpha value is -2.91. The predicted octanol–water partition coefficient (Wildman–Crippen LogP) is -0.512. The Morgan fingerprint density at radius 3 is 2.86 bits per heavy atom. The quantitative estimate of drug-likeness (QED) is 0.191. The van der Waals surface area contributed by atoms with Crippen molar-refractivity contribution in [1.29, 1.82) is 5.41 Å². The van der Waals surface area contributed by atoms with Crippen molar-refractivity contribution in [2.75, 3.05) is 17.6 Å². The molecule has 0 unspecified atom stereocenters. The first kappa shape index (κ1) is 15.5. The summed E-state index contributed by atoms with van der Waals surface area (Å²) >= 11 is 0. The third-order valence-corrected chi connectivity index (χ3v) is 3.21. The van der Waals surface area contributed by atoms with Crippen molar-refractivity contribution < 1.29 is 4.79 Å². The summed E-state index contributed by atoms with van der Waals surface area (Å²) in [6.45, 7) is 1.87. The van der Waals surface area contributed by atoms with Crippen molar-refractivity contribution in [3.8, 4) is 0 Å². The zero-order valence-corrected chi connectivity index (χ0v) is 12.1. The molecule has 22 heavy (non-hydrogen) atoms. The molecule has 0 spiro atoms. The number of hydrazine groups is 2. The van der Waals surface area contributed by atoms with Gasteiger partial charge in [0.2, 0.25) is 5.96 Å². The number of nitrogens with zero attached hydrogens (tertiary/aromatic N) is 2. The van der Waals surface area contributed by atoms with Crippen LogP contribution < -0.4 is 28.2 Å². The van der Waals surface area contributed by atoms with E-state index >= 15 is 0 Å². The lowest BCUT2D eigenvalue weighted by molar-refractivity contribution is -0.113. The van der Waals surface area contributed by atoms with E-state index in [1.807, 2.05) is 0 Å². The molecule has 1 aliphatic rings. The van der Waals surface area contributed by atoms with Gasteiger partial charge in [-0.1, -0.05) is 0 Å². The van der Waals surface area contributed by atoms with E-state index in [1.165, 1.54) is 5.01 Å². The summed E-state index contributed by atoms with van der Waals surface area (Å²) in [7, 11) is 0. The maximum atomic E-state index is 12.3. The number of hydrogen-bond donors (Lipinski definition) is 6. The van der Waals surface area contributed by atoms with Crippen LogP contribution in [0.2, 0.25) is 0 Å². The minimum atomic E-state index is -0.325. The smallest absolute Gasteiger partial charge is 0.255 e. The van der Waals surface area contributed by atoms with Gasteiger partial charge in [0.1, 0.15) is 0 Å². The summed E-state index contributed by atoms with van der Waals surface area (Å²) in [5, 5.41) is 11.3. The molecule has 0 aliphatic carbocycles. The molecule has 9 N–H and O–H groups in total. The van der Waals surface area contributed by atoms with Gasteiger partial charge in [-0.2, -0.15) is 0 Å². The van der Waals surface area contributed by atoms with E-state index in [-0.39, 0.29) is 18.4 Å². The number of amides is 1. The van der Waals surface area contributed by atoms with Crippen molar-refractivity contribution in [2.24, 2.45) is 16.7 Å². The number of anilines is 2. The van der Waals surface area contributed by atoms with E-state index in [9.17, 15) is 4.79 Å². The zero-order valence-electron chi connectivity index (χ0n) is 12.1. The summed E-state index contributed by atoms with van der Waals surface area (Å²) in [5.41, 5.74) is 10.6. The molecule has 1 heterocycles. The van der Waals surface area contributed by atoms with Gasteiger partial charge in [0.05, 0.1) is 17.8 Å². The molecule has 0 radical (unpaired) electrons. The lowest BCUT2D eigenvalue weighted by atomic mass is 10.1. The second kappa shape index (κ2) is 6.24. The van der Waals surface area contributed by atoms with Crippen molar-refractivity contribution in [2.45, 2.75) is 6.92 Å². The average Bonchev–Trinajstić information content (AvgIpc) is 2.50. The van der Waals surface area contributed by atoms with Gasteiger partial charge in [-0.25, -0.2) is 16.7 Å². The first-order valence-electron chi connectivity index (χ1n) is 6.45. The highest BCUT2D eigenvalue weighted by Gasteiger charge is 2.22. The molecule has 0 saturated heterocycles. The molecular weight excluding hydrogens is 284 g/mol. The normalized spacial score (nSPS) is 14.5. The first-order valence-corrected chi connectivity index (χ1v) is 6.45. The van der Waals surface area contributed by atoms with Gasteiger partial charge in [0, 0.05) is 23.2 Å². The molecule has 116 valence electrons. The van der Waals surface area contributed by atoms with Crippen LogP contribution in [-0.4, -0.2) is 29.6 Å². The number of hydrogen-bond acceptors (Lipinski definition) is 8. The number of nitrogen functional groups attached to an aromatic ring is 1. The highest BCUT2D eigenvalue weighted by atomic mass is 16.1. The zero-order chi connectivity index (χ0) is 16.3. The van der Waals surface area contributed by atoms with Gasteiger partial charge >= 0.3 is 0 Å². The van der Waals surface area contributed by atoms with E-state index in [1.54, 1.807) is 25.1 Å². The largest absolute Gasteiger partial charge is 0.398 e. The first-order chi connectivity index (χ1) is 10.5. The fourth-order valence-electron chi connectivity index (χ4n) is 1.99. The number of benzene rings is 1. The maximum Gasteiger partial charge on any atom is 0.255 e. The molecule has 0 saturated carbocycles. The molecule has 1 amide bonds. The number of aliphatic imine (C=N–C) groups is 1. The lowest BCUT2D eigenvalue weighted by Crippen LogP contribution is -2.51. The Kier molecular flexibility index (Phi) is 4.39. The Labute approximate surface area is 127 Å². The van der Waals surface area contributed by atoms with Crippen molar-refractivity contribution in [3.05, 3.63) is 35.0 Å². The van der Waals surface area contributed by atoms with E-state index < -0.39 is 0 Å². The Bertz CT molecular complexity index is 679. The van der Waals surface area contributed by atoms with Crippen LogP contribution in [0.25, 0.3) is 0 Å². The van der Waals surface area contributed by atoms with Crippen molar-refractivity contribution in [1.82, 2.24) is 10.4 Å². The minimum absolute atomic E-state index is 0.174. The van der Waals surface area contributed by atoms with Crippen LogP contribution in [0.4, 0.5) is 11.4 Å². The number of rotatable bonds is 3. The fourth-order valence-corrected chi connectivity index (χ4v) is 1.99. The SMILES string of the molecule is CC1=C(C(=O)Nc2ccc(N)c(C=N)c2)CN(N)C(NN)=N1. The molecule has 2 rings (SSSR count). The Morgan fingerprint density at radius 2 is 2.23 bits per heavy atom. The molecule has 0 bridgehead atoms. The molecule has 1 aliphatic heterocycles. The van der Waals surface area contributed by atoms with E-state index in [4.69, 9.17) is 22.8 Å². The van der Waals surface area contributed by atoms with Gasteiger partial charge in [0.25, 0.3) is 5.91 Å². The Balaban J connectivity index is 2.22. The summed E-state index contributed by atoms with van der Waals surface area (Å²) in [4.78, 5) is 16.5. The highest BCUT2D eigenvalue weighted by molar-refractivity contribution is 6.06. The van der Waals surface area contributed by atoms with Crippen molar-refractivity contribution >= 4 is 29.5 Å². The van der Waals surface area contributed by atoms with Crippen LogP contribution in [0.5, 0.6) is 0 Å². The lowest BCUT2D eigenvalue weighted by Gasteiger charge is -2.25. The van der Waals surface area contributed by atoms with E-state index in [0.717, 1.165) is 6.21 Å². The molecule has 0 aromatic heterocycles. The highest BCUT2D eigenvalue weighted by Crippen LogP contribution is 2.19. The summed E-state index contributed by atoms with van der Waals surface area (Å²) in [6, 6.07) is 4.91. The second-order valence-corrected chi connectivity index (χ2v) is 4.71. The molecule has 1 aromatic carbocycles. The summed E-state index contributed by atoms with van der Waals surface area (Å²) in [6.07, 6.45) is 1.13. The average molecular weight is 302 g/mol. The van der Waals surface area contributed by atoms with Gasteiger partial charge in [-0.15, -0.1) is 0 Å². The predicted molar refractivity (Wildman–Crippen MR) is 85.7 cm³/mol. The van der Waals surface area contributed by atoms with Gasteiger partial charge in [-0.3, -0.25) is 15.2 Å². The number of nitrogens with one attached hydrogen (secondary N) is 3. The molecular formula is C13H18N8O. The molecule has 0 atom stereocenters.